The van der Waals surface area contributed by atoms with Crippen molar-refractivity contribution < 1.29 is 19.4 Å². The van der Waals surface area contributed by atoms with E-state index in [1.54, 1.807) is 14.2 Å². The SMILES string of the molecule is COc1ccc(C(c2ccc(Br)cc2)N2CCC(C(=O)O)CC2)c(OC)c1. The number of nitrogens with zero attached hydrogens (tertiary/aromatic N) is 1. The molecule has 1 heterocycles. The highest BCUT2D eigenvalue weighted by Crippen LogP contribution is 2.39. The summed E-state index contributed by atoms with van der Waals surface area (Å²) in [6.45, 7) is 1.46. The second-order valence-electron chi connectivity index (χ2n) is 6.71. The second kappa shape index (κ2) is 8.76. The standard InChI is InChI=1S/C21H24BrNO4/c1-26-17-7-8-18(19(13-17)27-2)20(14-3-5-16(22)6-4-14)23-11-9-15(10-12-23)21(24)25/h3-8,13,15,20H,9-12H2,1-2H3,(H,24,25). The van der Waals surface area contributed by atoms with Gasteiger partial charge in [0.05, 0.1) is 26.2 Å². The van der Waals surface area contributed by atoms with Crippen molar-refractivity contribution >= 4 is 21.9 Å². The van der Waals surface area contributed by atoms with Crippen LogP contribution >= 0.6 is 15.9 Å². The molecule has 0 aliphatic carbocycles. The number of likely N-dealkylation sites (tertiary alicyclic amines) is 1. The maximum absolute atomic E-state index is 11.3. The quantitative estimate of drug-likeness (QED) is 0.733. The number of ether oxygens (including phenoxy) is 2. The molecule has 27 heavy (non-hydrogen) atoms. The van der Waals surface area contributed by atoms with Gasteiger partial charge in [-0.25, -0.2) is 0 Å². The average molecular weight is 434 g/mol. The number of rotatable bonds is 6. The molecule has 0 aromatic heterocycles. The van der Waals surface area contributed by atoms with E-state index >= 15 is 0 Å². The van der Waals surface area contributed by atoms with Gasteiger partial charge in [-0.3, -0.25) is 9.69 Å². The third-order valence-electron chi connectivity index (χ3n) is 5.16. The van der Waals surface area contributed by atoms with Gasteiger partial charge in [0.25, 0.3) is 0 Å². The number of hydrogen-bond donors (Lipinski definition) is 1. The summed E-state index contributed by atoms with van der Waals surface area (Å²) in [4.78, 5) is 13.7. The Morgan fingerprint density at radius 1 is 1.11 bits per heavy atom. The highest BCUT2D eigenvalue weighted by molar-refractivity contribution is 9.10. The predicted molar refractivity (Wildman–Crippen MR) is 107 cm³/mol. The molecule has 144 valence electrons. The summed E-state index contributed by atoms with van der Waals surface area (Å²) in [5, 5.41) is 9.31. The molecule has 0 amide bonds. The lowest BCUT2D eigenvalue weighted by atomic mass is 9.91. The van der Waals surface area contributed by atoms with Crippen molar-refractivity contribution in [3.8, 4) is 11.5 Å². The summed E-state index contributed by atoms with van der Waals surface area (Å²) in [6, 6.07) is 14.1. The molecule has 2 aromatic rings. The van der Waals surface area contributed by atoms with E-state index in [0.29, 0.717) is 12.8 Å². The van der Waals surface area contributed by atoms with Crippen molar-refractivity contribution in [2.45, 2.75) is 18.9 Å². The number of hydrogen-bond acceptors (Lipinski definition) is 4. The first-order chi connectivity index (χ1) is 13.0. The fourth-order valence-corrected chi connectivity index (χ4v) is 3.95. The van der Waals surface area contributed by atoms with Crippen LogP contribution in [0.5, 0.6) is 11.5 Å². The van der Waals surface area contributed by atoms with Gasteiger partial charge in [0.2, 0.25) is 0 Å². The Morgan fingerprint density at radius 2 is 1.78 bits per heavy atom. The van der Waals surface area contributed by atoms with Gasteiger partial charge in [0, 0.05) is 16.1 Å². The number of aliphatic carboxylic acids is 1. The molecule has 1 aliphatic heterocycles. The van der Waals surface area contributed by atoms with E-state index in [4.69, 9.17) is 9.47 Å². The van der Waals surface area contributed by atoms with Gasteiger partial charge in [-0.15, -0.1) is 0 Å². The lowest BCUT2D eigenvalue weighted by molar-refractivity contribution is -0.143. The minimum absolute atomic E-state index is 0.00583. The van der Waals surface area contributed by atoms with Crippen LogP contribution in [0.1, 0.15) is 30.0 Å². The smallest absolute Gasteiger partial charge is 0.306 e. The van der Waals surface area contributed by atoms with Crippen LogP contribution in [-0.4, -0.2) is 43.3 Å². The van der Waals surface area contributed by atoms with Crippen LogP contribution in [0.2, 0.25) is 0 Å². The summed E-state index contributed by atoms with van der Waals surface area (Å²) in [7, 11) is 3.30. The van der Waals surface area contributed by atoms with E-state index in [1.807, 2.05) is 30.3 Å². The first kappa shape index (κ1) is 19.7. The van der Waals surface area contributed by atoms with E-state index in [0.717, 1.165) is 40.2 Å². The van der Waals surface area contributed by atoms with Gasteiger partial charge in [-0.1, -0.05) is 28.1 Å². The van der Waals surface area contributed by atoms with Gasteiger partial charge in [-0.05, 0) is 55.8 Å². The molecule has 0 spiro atoms. The summed E-state index contributed by atoms with van der Waals surface area (Å²) < 4.78 is 12.0. The Balaban J connectivity index is 1.98. The first-order valence-electron chi connectivity index (χ1n) is 8.97. The Labute approximate surface area is 168 Å². The molecule has 0 saturated carbocycles. The molecule has 1 atom stereocenters. The summed E-state index contributed by atoms with van der Waals surface area (Å²) >= 11 is 3.50. The molecule has 6 heteroatoms. The molecule has 3 rings (SSSR count). The van der Waals surface area contributed by atoms with Crippen LogP contribution in [0, 0.1) is 5.92 Å². The average Bonchev–Trinajstić information content (AvgIpc) is 2.70. The van der Waals surface area contributed by atoms with Crippen molar-refractivity contribution in [2.75, 3.05) is 27.3 Å². The fourth-order valence-electron chi connectivity index (χ4n) is 3.68. The molecule has 5 nitrogen and oxygen atoms in total. The topological polar surface area (TPSA) is 59.0 Å². The van der Waals surface area contributed by atoms with Crippen LogP contribution in [0.25, 0.3) is 0 Å². The molecule has 2 aromatic carbocycles. The third-order valence-corrected chi connectivity index (χ3v) is 5.69. The van der Waals surface area contributed by atoms with Gasteiger partial charge in [-0.2, -0.15) is 0 Å². The zero-order chi connectivity index (χ0) is 19.4. The van der Waals surface area contributed by atoms with E-state index in [-0.39, 0.29) is 12.0 Å². The highest BCUT2D eigenvalue weighted by atomic mass is 79.9. The Bertz CT molecular complexity index is 785. The van der Waals surface area contributed by atoms with Crippen LogP contribution in [0.3, 0.4) is 0 Å². The minimum atomic E-state index is -0.697. The van der Waals surface area contributed by atoms with E-state index in [1.165, 1.54) is 0 Å². The van der Waals surface area contributed by atoms with Crippen molar-refractivity contribution in [1.29, 1.82) is 0 Å². The normalized spacial score (nSPS) is 16.7. The number of methoxy groups -OCH3 is 2. The fraction of sp³-hybridized carbons (Fsp3) is 0.381. The molecule has 1 aliphatic rings. The van der Waals surface area contributed by atoms with Gasteiger partial charge in [0.15, 0.2) is 0 Å². The Hall–Kier alpha value is -2.05. The summed E-state index contributed by atoms with van der Waals surface area (Å²) in [5.74, 6) is 0.554. The van der Waals surface area contributed by atoms with Crippen LogP contribution in [0.4, 0.5) is 0 Å². The summed E-state index contributed by atoms with van der Waals surface area (Å²) in [6.07, 6.45) is 1.31. The lowest BCUT2D eigenvalue weighted by Crippen LogP contribution is -2.39. The molecule has 1 unspecified atom stereocenters. The van der Waals surface area contributed by atoms with Gasteiger partial charge >= 0.3 is 5.97 Å². The molecular weight excluding hydrogens is 410 g/mol. The Morgan fingerprint density at radius 3 is 2.33 bits per heavy atom. The van der Waals surface area contributed by atoms with Gasteiger partial charge in [0.1, 0.15) is 11.5 Å². The maximum atomic E-state index is 11.3. The molecule has 1 N–H and O–H groups in total. The second-order valence-corrected chi connectivity index (χ2v) is 7.63. The monoisotopic (exact) mass is 433 g/mol. The molecular formula is C21H24BrNO4. The Kier molecular flexibility index (Phi) is 6.39. The third kappa shape index (κ3) is 4.45. The van der Waals surface area contributed by atoms with Crippen molar-refractivity contribution in [3.63, 3.8) is 0 Å². The zero-order valence-corrected chi connectivity index (χ0v) is 17.1. The first-order valence-corrected chi connectivity index (χ1v) is 9.77. The van der Waals surface area contributed by atoms with E-state index in [9.17, 15) is 9.90 Å². The molecule has 1 fully saturated rings. The number of carbonyl (C=O) groups is 1. The largest absolute Gasteiger partial charge is 0.497 e. The maximum Gasteiger partial charge on any atom is 0.306 e. The number of carboxylic acid groups (broad SMARTS) is 1. The van der Waals surface area contributed by atoms with Crippen LogP contribution < -0.4 is 9.47 Å². The predicted octanol–water partition coefficient (Wildman–Crippen LogP) is 4.35. The molecule has 1 saturated heterocycles. The van der Waals surface area contributed by atoms with E-state index in [2.05, 4.69) is 33.0 Å². The van der Waals surface area contributed by atoms with Crippen molar-refractivity contribution in [3.05, 3.63) is 58.1 Å². The minimum Gasteiger partial charge on any atom is -0.497 e. The molecule has 0 bridgehead atoms. The van der Waals surface area contributed by atoms with Crippen molar-refractivity contribution in [1.82, 2.24) is 4.90 Å². The zero-order valence-electron chi connectivity index (χ0n) is 15.5. The number of halogens is 1. The van der Waals surface area contributed by atoms with E-state index < -0.39 is 5.97 Å². The number of benzene rings is 2. The van der Waals surface area contributed by atoms with Crippen LogP contribution in [-0.2, 0) is 4.79 Å². The lowest BCUT2D eigenvalue weighted by Gasteiger charge is -2.37. The van der Waals surface area contributed by atoms with Crippen LogP contribution in [0.15, 0.2) is 46.9 Å². The highest BCUT2D eigenvalue weighted by Gasteiger charge is 2.31. The number of carboxylic acids is 1. The molecule has 0 radical (unpaired) electrons. The summed E-state index contributed by atoms with van der Waals surface area (Å²) in [5.41, 5.74) is 2.20. The number of piperidine rings is 1. The van der Waals surface area contributed by atoms with Crippen molar-refractivity contribution in [2.24, 2.45) is 5.92 Å². The van der Waals surface area contributed by atoms with Gasteiger partial charge < -0.3 is 14.6 Å².